The van der Waals surface area contributed by atoms with E-state index in [2.05, 4.69) is 47.0 Å². The maximum absolute atomic E-state index is 5.53. The van der Waals surface area contributed by atoms with Gasteiger partial charge in [0.05, 0.1) is 11.8 Å². The van der Waals surface area contributed by atoms with E-state index in [-0.39, 0.29) is 5.25 Å². The molecule has 9 heteroatoms. The largest absolute Gasteiger partial charge is 0.338 e. The second kappa shape index (κ2) is 9.11. The van der Waals surface area contributed by atoms with Crippen LogP contribution in [0.1, 0.15) is 23.6 Å². The molecule has 0 unspecified atom stereocenters. The van der Waals surface area contributed by atoms with Crippen molar-refractivity contribution in [2.75, 3.05) is 0 Å². The van der Waals surface area contributed by atoms with Gasteiger partial charge in [-0.2, -0.15) is 4.98 Å². The number of hydrogen-bond acceptors (Lipinski definition) is 8. The summed E-state index contributed by atoms with van der Waals surface area (Å²) in [7, 11) is 0. The van der Waals surface area contributed by atoms with Crippen molar-refractivity contribution in [1.82, 2.24) is 34.9 Å². The van der Waals surface area contributed by atoms with E-state index in [1.165, 1.54) is 11.8 Å². The van der Waals surface area contributed by atoms with E-state index in [1.54, 1.807) is 24.8 Å². The standard InChI is InChI=1S/C23H19N7OS/c1-16(22-26-20(29-31-22)18-9-5-11-24-13-18)32-23-28-27-21(19-10-6-12-25-14-19)30(23)15-17-7-3-2-4-8-17/h2-14,16H,15H2,1H3/t16-/m0/s1. The molecule has 0 spiro atoms. The van der Waals surface area contributed by atoms with Gasteiger partial charge in [-0.1, -0.05) is 47.3 Å². The summed E-state index contributed by atoms with van der Waals surface area (Å²) in [5.41, 5.74) is 2.88. The first-order chi connectivity index (χ1) is 15.8. The minimum atomic E-state index is -0.117. The lowest BCUT2D eigenvalue weighted by Gasteiger charge is -2.12. The Kier molecular flexibility index (Phi) is 5.71. The molecule has 32 heavy (non-hydrogen) atoms. The second-order valence-electron chi connectivity index (χ2n) is 7.08. The van der Waals surface area contributed by atoms with E-state index in [0.29, 0.717) is 18.3 Å². The van der Waals surface area contributed by atoms with E-state index in [1.807, 2.05) is 49.4 Å². The van der Waals surface area contributed by atoms with Gasteiger partial charge in [0.25, 0.3) is 0 Å². The number of aromatic nitrogens is 7. The summed E-state index contributed by atoms with van der Waals surface area (Å²) in [5.74, 6) is 1.80. The van der Waals surface area contributed by atoms with Gasteiger partial charge in [0.2, 0.25) is 11.7 Å². The molecule has 0 bridgehead atoms. The SMILES string of the molecule is C[C@H](Sc1nnc(-c2cccnc2)n1Cc1ccccc1)c1nc(-c2cccnc2)no1. The maximum atomic E-state index is 5.53. The van der Waals surface area contributed by atoms with Crippen LogP contribution in [0.15, 0.2) is 89.1 Å². The first kappa shape index (κ1) is 20.1. The van der Waals surface area contributed by atoms with Crippen LogP contribution in [0, 0.1) is 0 Å². The molecule has 0 saturated carbocycles. The molecule has 0 aliphatic heterocycles. The van der Waals surface area contributed by atoms with Crippen LogP contribution in [0.5, 0.6) is 0 Å². The number of benzene rings is 1. The number of nitrogens with zero attached hydrogens (tertiary/aromatic N) is 7. The van der Waals surface area contributed by atoms with E-state index >= 15 is 0 Å². The Bertz CT molecular complexity index is 1290. The quantitative estimate of drug-likeness (QED) is 0.336. The molecule has 0 aliphatic rings. The van der Waals surface area contributed by atoms with Crippen molar-refractivity contribution in [1.29, 1.82) is 0 Å². The van der Waals surface area contributed by atoms with Gasteiger partial charge >= 0.3 is 0 Å². The van der Waals surface area contributed by atoms with Crippen molar-refractivity contribution in [3.8, 4) is 22.8 Å². The molecule has 0 fully saturated rings. The smallest absolute Gasteiger partial charge is 0.240 e. The van der Waals surface area contributed by atoms with Crippen molar-refractivity contribution in [3.05, 3.63) is 90.8 Å². The van der Waals surface area contributed by atoms with Crippen molar-refractivity contribution in [2.24, 2.45) is 0 Å². The fourth-order valence-corrected chi connectivity index (χ4v) is 4.09. The Morgan fingerprint density at radius 3 is 2.38 bits per heavy atom. The monoisotopic (exact) mass is 441 g/mol. The highest BCUT2D eigenvalue weighted by Crippen LogP contribution is 2.35. The molecule has 8 nitrogen and oxygen atoms in total. The van der Waals surface area contributed by atoms with E-state index in [4.69, 9.17) is 4.52 Å². The minimum absolute atomic E-state index is 0.117. The topological polar surface area (TPSA) is 95.4 Å². The van der Waals surface area contributed by atoms with Gasteiger partial charge < -0.3 is 4.52 Å². The van der Waals surface area contributed by atoms with Gasteiger partial charge in [-0.25, -0.2) is 0 Å². The molecule has 0 N–H and O–H groups in total. The summed E-state index contributed by atoms with van der Waals surface area (Å²) >= 11 is 1.52. The second-order valence-corrected chi connectivity index (χ2v) is 8.39. The van der Waals surface area contributed by atoms with Gasteiger partial charge in [0.15, 0.2) is 11.0 Å². The molecule has 0 amide bonds. The Labute approximate surface area is 188 Å². The van der Waals surface area contributed by atoms with Crippen LogP contribution in [0.4, 0.5) is 0 Å². The molecule has 5 rings (SSSR count). The van der Waals surface area contributed by atoms with Gasteiger partial charge in [0, 0.05) is 35.9 Å². The van der Waals surface area contributed by atoms with Gasteiger partial charge in [-0.05, 0) is 36.8 Å². The van der Waals surface area contributed by atoms with Gasteiger partial charge in [0.1, 0.15) is 0 Å². The zero-order chi connectivity index (χ0) is 21.8. The first-order valence-corrected chi connectivity index (χ1v) is 10.9. The molecule has 158 valence electrons. The summed E-state index contributed by atoms with van der Waals surface area (Å²) in [5, 5.41) is 13.7. The minimum Gasteiger partial charge on any atom is -0.338 e. The van der Waals surface area contributed by atoms with Crippen LogP contribution in [0.3, 0.4) is 0 Å². The first-order valence-electron chi connectivity index (χ1n) is 10.1. The summed E-state index contributed by atoms with van der Waals surface area (Å²) in [4.78, 5) is 12.9. The van der Waals surface area contributed by atoms with E-state index in [0.717, 1.165) is 27.7 Å². The molecular weight excluding hydrogens is 422 g/mol. The van der Waals surface area contributed by atoms with E-state index in [9.17, 15) is 0 Å². The summed E-state index contributed by atoms with van der Waals surface area (Å²) in [6, 6.07) is 17.8. The molecule has 0 saturated heterocycles. The van der Waals surface area contributed by atoms with Gasteiger partial charge in [-0.3, -0.25) is 14.5 Å². The third-order valence-electron chi connectivity index (χ3n) is 4.81. The molecule has 4 aromatic heterocycles. The van der Waals surface area contributed by atoms with Crippen LogP contribution in [-0.2, 0) is 6.54 Å². The molecule has 1 aromatic carbocycles. The fourth-order valence-electron chi connectivity index (χ4n) is 3.21. The lowest BCUT2D eigenvalue weighted by atomic mass is 10.2. The fraction of sp³-hybridized carbons (Fsp3) is 0.130. The molecule has 4 heterocycles. The Morgan fingerprint density at radius 1 is 0.906 bits per heavy atom. The predicted molar refractivity (Wildman–Crippen MR) is 121 cm³/mol. The lowest BCUT2D eigenvalue weighted by molar-refractivity contribution is 0.380. The Morgan fingerprint density at radius 2 is 1.66 bits per heavy atom. The molecule has 0 radical (unpaired) electrons. The van der Waals surface area contributed by atoms with Crippen molar-refractivity contribution >= 4 is 11.8 Å². The third kappa shape index (κ3) is 4.28. The summed E-state index contributed by atoms with van der Waals surface area (Å²) < 4.78 is 7.61. The van der Waals surface area contributed by atoms with Crippen molar-refractivity contribution < 1.29 is 4.52 Å². The molecule has 1 atom stereocenters. The number of hydrogen-bond donors (Lipinski definition) is 0. The maximum Gasteiger partial charge on any atom is 0.240 e. The Hall–Kier alpha value is -3.85. The van der Waals surface area contributed by atoms with Crippen molar-refractivity contribution in [3.63, 3.8) is 0 Å². The van der Waals surface area contributed by atoms with Crippen LogP contribution in [-0.4, -0.2) is 34.9 Å². The highest BCUT2D eigenvalue weighted by molar-refractivity contribution is 7.99. The zero-order valence-electron chi connectivity index (χ0n) is 17.2. The molecule has 5 aromatic rings. The summed E-state index contributed by atoms with van der Waals surface area (Å²) in [6.45, 7) is 2.65. The van der Waals surface area contributed by atoms with Crippen LogP contribution < -0.4 is 0 Å². The van der Waals surface area contributed by atoms with Crippen LogP contribution in [0.2, 0.25) is 0 Å². The molecular formula is C23H19N7OS. The van der Waals surface area contributed by atoms with Crippen molar-refractivity contribution in [2.45, 2.75) is 23.9 Å². The van der Waals surface area contributed by atoms with E-state index < -0.39 is 0 Å². The predicted octanol–water partition coefficient (Wildman–Crippen LogP) is 4.69. The summed E-state index contributed by atoms with van der Waals surface area (Å²) in [6.07, 6.45) is 6.96. The average molecular weight is 442 g/mol. The highest BCUT2D eigenvalue weighted by Gasteiger charge is 2.22. The lowest BCUT2D eigenvalue weighted by Crippen LogP contribution is -2.05. The highest BCUT2D eigenvalue weighted by atomic mass is 32.2. The average Bonchev–Trinajstić information content (AvgIpc) is 3.49. The zero-order valence-corrected chi connectivity index (χ0v) is 18.1. The van der Waals surface area contributed by atoms with Crippen LogP contribution in [0.25, 0.3) is 22.8 Å². The molecule has 0 aliphatic carbocycles. The number of pyridine rings is 2. The normalized spacial score (nSPS) is 12.0. The Balaban J connectivity index is 1.44. The third-order valence-corrected chi connectivity index (χ3v) is 5.88. The number of rotatable bonds is 7. The van der Waals surface area contributed by atoms with Crippen LogP contribution >= 0.6 is 11.8 Å². The van der Waals surface area contributed by atoms with Gasteiger partial charge in [-0.15, -0.1) is 10.2 Å². The number of thioether (sulfide) groups is 1.